The van der Waals surface area contributed by atoms with Crippen LogP contribution in [-0.2, 0) is 21.4 Å². The summed E-state index contributed by atoms with van der Waals surface area (Å²) >= 11 is 0. The fourth-order valence-electron chi connectivity index (χ4n) is 4.18. The average Bonchev–Trinajstić information content (AvgIpc) is 3.57. The van der Waals surface area contributed by atoms with Crippen molar-refractivity contribution in [2.75, 3.05) is 13.1 Å². The normalized spacial score (nSPS) is 14.6. The van der Waals surface area contributed by atoms with E-state index in [1.54, 1.807) is 36.4 Å². The van der Waals surface area contributed by atoms with Gasteiger partial charge in [-0.25, -0.2) is 23.2 Å². The maximum absolute atomic E-state index is 13.0. The van der Waals surface area contributed by atoms with Crippen LogP contribution >= 0.6 is 0 Å². The van der Waals surface area contributed by atoms with Gasteiger partial charge in [-0.3, -0.25) is 0 Å². The van der Waals surface area contributed by atoms with Gasteiger partial charge in [-0.15, -0.1) is 0 Å². The van der Waals surface area contributed by atoms with Crippen molar-refractivity contribution in [2.45, 2.75) is 30.5 Å². The maximum Gasteiger partial charge on any atom is 0.493 e. The predicted octanol–water partition coefficient (Wildman–Crippen LogP) is 3.98. The Balaban J connectivity index is 1.53. The summed E-state index contributed by atoms with van der Waals surface area (Å²) in [4.78, 5) is 24.6. The zero-order valence-corrected chi connectivity index (χ0v) is 20.6. The zero-order valence-electron chi connectivity index (χ0n) is 19.8. The fraction of sp³-hybridized carbons (Fsp3) is 0.240. The standard InChI is InChI=1S/C25H21F3N4O5S/c26-25(27,28)24(33)37-32-18(16-36-22-5-1-2-11-29-22)15-21-20(10-12-30-23(21)32)17-6-8-19(9-7-17)38(34,35)31-13-3-4-14-31/h1-2,5-12,15H,3-4,13-14,16H2. The number of carbonyl (C=O) groups excluding carboxylic acids is 1. The van der Waals surface area contributed by atoms with Gasteiger partial charge in [-0.05, 0) is 54.3 Å². The number of hydrogen-bond donors (Lipinski definition) is 0. The number of fused-ring (bicyclic) bond motifs is 1. The van der Waals surface area contributed by atoms with Crippen LogP contribution in [0.25, 0.3) is 22.2 Å². The summed E-state index contributed by atoms with van der Waals surface area (Å²) in [6.45, 7) is 0.677. The summed E-state index contributed by atoms with van der Waals surface area (Å²) in [5, 5.41) is 0.372. The number of sulfonamides is 1. The van der Waals surface area contributed by atoms with Gasteiger partial charge in [0.2, 0.25) is 15.9 Å². The minimum atomic E-state index is -5.23. The summed E-state index contributed by atoms with van der Waals surface area (Å²) < 4.78 is 72.5. The van der Waals surface area contributed by atoms with Gasteiger partial charge < -0.3 is 9.57 Å². The molecule has 0 bridgehead atoms. The summed E-state index contributed by atoms with van der Waals surface area (Å²) in [5.41, 5.74) is 1.17. The topological polar surface area (TPSA) is 104 Å². The van der Waals surface area contributed by atoms with Gasteiger partial charge in [0.1, 0.15) is 6.61 Å². The number of hydrogen-bond acceptors (Lipinski definition) is 7. The fourth-order valence-corrected chi connectivity index (χ4v) is 5.70. The number of alkyl halides is 3. The van der Waals surface area contributed by atoms with E-state index in [0.29, 0.717) is 34.3 Å². The van der Waals surface area contributed by atoms with E-state index in [-0.39, 0.29) is 28.7 Å². The number of benzene rings is 1. The average molecular weight is 547 g/mol. The van der Waals surface area contributed by atoms with Crippen molar-refractivity contribution in [3.05, 3.63) is 72.7 Å². The van der Waals surface area contributed by atoms with E-state index in [1.807, 2.05) is 0 Å². The second-order valence-electron chi connectivity index (χ2n) is 8.49. The van der Waals surface area contributed by atoms with Crippen LogP contribution in [0.1, 0.15) is 18.5 Å². The van der Waals surface area contributed by atoms with Gasteiger partial charge in [-0.1, -0.05) is 18.2 Å². The van der Waals surface area contributed by atoms with Gasteiger partial charge in [0.05, 0.1) is 10.6 Å². The smallest absolute Gasteiger partial charge is 0.471 e. The van der Waals surface area contributed by atoms with Crippen LogP contribution in [0.2, 0.25) is 0 Å². The molecule has 13 heteroatoms. The lowest BCUT2D eigenvalue weighted by Crippen LogP contribution is -2.34. The predicted molar refractivity (Wildman–Crippen MR) is 129 cm³/mol. The molecule has 5 rings (SSSR count). The van der Waals surface area contributed by atoms with E-state index in [1.165, 1.54) is 34.9 Å². The molecule has 0 spiro atoms. The Morgan fingerprint density at radius 1 is 0.974 bits per heavy atom. The zero-order chi connectivity index (χ0) is 26.9. The summed E-state index contributed by atoms with van der Waals surface area (Å²) in [5.74, 6) is -2.20. The van der Waals surface area contributed by atoms with E-state index in [4.69, 9.17) is 4.74 Å². The number of carbonyl (C=O) groups is 1. The highest BCUT2D eigenvalue weighted by atomic mass is 32.2. The van der Waals surface area contributed by atoms with Crippen molar-refractivity contribution < 1.29 is 36.0 Å². The van der Waals surface area contributed by atoms with Gasteiger partial charge in [0.15, 0.2) is 5.65 Å². The van der Waals surface area contributed by atoms with Gasteiger partial charge in [-0.2, -0.15) is 22.2 Å². The van der Waals surface area contributed by atoms with Crippen molar-refractivity contribution >= 4 is 27.0 Å². The summed E-state index contributed by atoms with van der Waals surface area (Å²) in [6, 6.07) is 14.2. The second kappa shape index (κ2) is 10.1. The Morgan fingerprint density at radius 3 is 2.37 bits per heavy atom. The summed E-state index contributed by atoms with van der Waals surface area (Å²) in [7, 11) is -3.61. The lowest BCUT2D eigenvalue weighted by Gasteiger charge is -2.15. The number of rotatable bonds is 7. The number of nitrogens with zero attached hydrogens (tertiary/aromatic N) is 4. The van der Waals surface area contributed by atoms with Crippen LogP contribution in [0.4, 0.5) is 13.2 Å². The molecule has 198 valence electrons. The molecule has 0 atom stereocenters. The Hall–Kier alpha value is -3.97. The van der Waals surface area contributed by atoms with Gasteiger partial charge in [0, 0.05) is 36.9 Å². The molecule has 1 aromatic carbocycles. The molecule has 0 saturated carbocycles. The highest BCUT2D eigenvalue weighted by Gasteiger charge is 2.42. The number of pyridine rings is 2. The molecule has 0 aliphatic carbocycles. The van der Waals surface area contributed by atoms with Crippen molar-refractivity contribution in [2.24, 2.45) is 0 Å². The van der Waals surface area contributed by atoms with Crippen molar-refractivity contribution in [1.82, 2.24) is 19.0 Å². The van der Waals surface area contributed by atoms with Crippen LogP contribution in [0, 0.1) is 0 Å². The third-order valence-corrected chi connectivity index (χ3v) is 7.93. The first kappa shape index (κ1) is 25.7. The Kier molecular flexibility index (Phi) is 6.80. The Bertz CT molecular complexity index is 1570. The SMILES string of the molecule is O=C(On1c(COc2ccccn2)cc2c(-c3ccc(S(=O)(=O)N4CCCC4)cc3)ccnc21)C(F)(F)F. The van der Waals surface area contributed by atoms with E-state index in [2.05, 4.69) is 14.8 Å². The number of aromatic nitrogens is 3. The van der Waals surface area contributed by atoms with Crippen LogP contribution < -0.4 is 9.57 Å². The van der Waals surface area contributed by atoms with E-state index in [0.717, 1.165) is 12.8 Å². The van der Waals surface area contributed by atoms with E-state index >= 15 is 0 Å². The van der Waals surface area contributed by atoms with Crippen LogP contribution in [0.15, 0.2) is 71.9 Å². The molecule has 38 heavy (non-hydrogen) atoms. The van der Waals surface area contributed by atoms with Crippen LogP contribution in [-0.4, -0.2) is 52.7 Å². The van der Waals surface area contributed by atoms with Crippen molar-refractivity contribution in [1.29, 1.82) is 0 Å². The molecule has 1 fully saturated rings. The highest BCUT2D eigenvalue weighted by Crippen LogP contribution is 2.32. The highest BCUT2D eigenvalue weighted by molar-refractivity contribution is 7.89. The third-order valence-electron chi connectivity index (χ3n) is 6.01. The first-order chi connectivity index (χ1) is 18.1. The molecule has 9 nitrogen and oxygen atoms in total. The summed E-state index contributed by atoms with van der Waals surface area (Å²) in [6.07, 6.45) is -0.761. The van der Waals surface area contributed by atoms with Crippen LogP contribution in [0.5, 0.6) is 5.88 Å². The molecule has 4 aromatic rings. The molecular formula is C25H21F3N4O5S. The number of ether oxygens (including phenoxy) is 1. The van der Waals surface area contributed by atoms with Crippen LogP contribution in [0.3, 0.4) is 0 Å². The molecule has 0 N–H and O–H groups in total. The number of halogens is 3. The van der Waals surface area contributed by atoms with E-state index < -0.39 is 22.2 Å². The maximum atomic E-state index is 13.0. The monoisotopic (exact) mass is 546 g/mol. The molecule has 0 radical (unpaired) electrons. The molecule has 1 aliphatic heterocycles. The molecule has 0 unspecified atom stereocenters. The second-order valence-corrected chi connectivity index (χ2v) is 10.4. The molecular weight excluding hydrogens is 525 g/mol. The Morgan fingerprint density at radius 2 is 1.71 bits per heavy atom. The lowest BCUT2D eigenvalue weighted by molar-refractivity contribution is -0.199. The molecule has 4 heterocycles. The van der Waals surface area contributed by atoms with Crippen molar-refractivity contribution in [3.63, 3.8) is 0 Å². The Labute approximate surface area is 215 Å². The van der Waals surface area contributed by atoms with Crippen molar-refractivity contribution in [3.8, 4) is 17.0 Å². The first-order valence-corrected chi connectivity index (χ1v) is 13.0. The quantitative estimate of drug-likeness (QED) is 0.346. The first-order valence-electron chi connectivity index (χ1n) is 11.6. The lowest BCUT2D eigenvalue weighted by atomic mass is 10.0. The molecule has 1 aliphatic rings. The largest absolute Gasteiger partial charge is 0.493 e. The molecule has 0 amide bonds. The van der Waals surface area contributed by atoms with E-state index in [9.17, 15) is 26.4 Å². The minimum Gasteiger partial charge on any atom is -0.471 e. The molecule has 3 aromatic heterocycles. The van der Waals surface area contributed by atoms with Gasteiger partial charge in [0.25, 0.3) is 0 Å². The minimum absolute atomic E-state index is 0.0477. The molecule has 1 saturated heterocycles. The third kappa shape index (κ3) is 5.07. The van der Waals surface area contributed by atoms with Gasteiger partial charge >= 0.3 is 12.1 Å².